The number of carbonyl (C=O) groups is 1. The van der Waals surface area contributed by atoms with Gasteiger partial charge in [-0.15, -0.1) is 10.2 Å². The standard InChI is InChI=1S/C19H16FN3O2S/c20-15-9-5-4-8-14(15)18-22-23-19(25-18)26-16(12-6-2-1-3-7-12)17(24)21-13-10-11-13/h1-9,13,16H,10-11H2,(H,21,24)/t16-/m0/s1. The molecule has 1 N–H and O–H groups in total. The van der Waals surface area contributed by atoms with Crippen molar-refractivity contribution in [3.05, 3.63) is 66.0 Å². The van der Waals surface area contributed by atoms with Crippen LogP contribution in [0.1, 0.15) is 23.7 Å². The van der Waals surface area contributed by atoms with Gasteiger partial charge in [0.1, 0.15) is 11.1 Å². The van der Waals surface area contributed by atoms with Gasteiger partial charge < -0.3 is 9.73 Å². The van der Waals surface area contributed by atoms with Crippen LogP contribution in [0.25, 0.3) is 11.5 Å². The van der Waals surface area contributed by atoms with E-state index in [1.54, 1.807) is 18.2 Å². The molecule has 1 fully saturated rings. The van der Waals surface area contributed by atoms with E-state index in [0.29, 0.717) is 0 Å². The van der Waals surface area contributed by atoms with Gasteiger partial charge in [-0.3, -0.25) is 4.79 Å². The smallest absolute Gasteiger partial charge is 0.277 e. The molecule has 1 aromatic heterocycles. The summed E-state index contributed by atoms with van der Waals surface area (Å²) in [6.45, 7) is 0. The lowest BCUT2D eigenvalue weighted by Gasteiger charge is -2.14. The predicted molar refractivity (Wildman–Crippen MR) is 95.9 cm³/mol. The molecule has 0 radical (unpaired) electrons. The summed E-state index contributed by atoms with van der Waals surface area (Å²) in [6, 6.07) is 15.9. The molecule has 1 saturated carbocycles. The molecule has 0 spiro atoms. The zero-order valence-electron chi connectivity index (χ0n) is 13.8. The molecule has 132 valence electrons. The zero-order chi connectivity index (χ0) is 17.9. The quantitative estimate of drug-likeness (QED) is 0.666. The Bertz CT molecular complexity index is 912. The molecule has 1 heterocycles. The lowest BCUT2D eigenvalue weighted by Crippen LogP contribution is -2.29. The van der Waals surface area contributed by atoms with Crippen LogP contribution < -0.4 is 5.32 Å². The summed E-state index contributed by atoms with van der Waals surface area (Å²) < 4.78 is 19.5. The Labute approximate surface area is 154 Å². The highest BCUT2D eigenvalue weighted by Gasteiger charge is 2.30. The molecule has 1 aliphatic rings. The molecule has 26 heavy (non-hydrogen) atoms. The van der Waals surface area contributed by atoms with Crippen molar-refractivity contribution >= 4 is 17.7 Å². The van der Waals surface area contributed by atoms with Crippen molar-refractivity contribution in [1.82, 2.24) is 15.5 Å². The second-order valence-corrected chi connectivity index (χ2v) is 7.10. The Hall–Kier alpha value is -2.67. The van der Waals surface area contributed by atoms with Gasteiger partial charge in [-0.05, 0) is 42.3 Å². The number of thioether (sulfide) groups is 1. The van der Waals surface area contributed by atoms with E-state index in [-0.39, 0.29) is 28.6 Å². The first-order chi connectivity index (χ1) is 12.7. The minimum absolute atomic E-state index is 0.0886. The number of rotatable bonds is 6. The van der Waals surface area contributed by atoms with Gasteiger partial charge in [0.2, 0.25) is 5.91 Å². The minimum atomic E-state index is -0.509. The highest BCUT2D eigenvalue weighted by molar-refractivity contribution is 8.00. The molecule has 7 heteroatoms. The zero-order valence-corrected chi connectivity index (χ0v) is 14.6. The monoisotopic (exact) mass is 369 g/mol. The first-order valence-corrected chi connectivity index (χ1v) is 9.19. The fraction of sp³-hybridized carbons (Fsp3) is 0.211. The van der Waals surface area contributed by atoms with E-state index in [0.717, 1.165) is 18.4 Å². The van der Waals surface area contributed by atoms with Crippen LogP contribution in [-0.2, 0) is 4.79 Å². The molecule has 5 nitrogen and oxygen atoms in total. The maximum Gasteiger partial charge on any atom is 0.277 e. The number of aromatic nitrogens is 2. The lowest BCUT2D eigenvalue weighted by molar-refractivity contribution is -0.120. The van der Waals surface area contributed by atoms with Crippen LogP contribution in [0.5, 0.6) is 0 Å². The minimum Gasteiger partial charge on any atom is -0.411 e. The van der Waals surface area contributed by atoms with Gasteiger partial charge in [0, 0.05) is 6.04 Å². The summed E-state index contributed by atoms with van der Waals surface area (Å²) in [5.41, 5.74) is 1.09. The number of hydrogen-bond acceptors (Lipinski definition) is 5. The molecular formula is C19H16FN3O2S. The van der Waals surface area contributed by atoms with Gasteiger partial charge in [-0.25, -0.2) is 4.39 Å². The Morgan fingerprint density at radius 2 is 1.85 bits per heavy atom. The van der Waals surface area contributed by atoms with Crippen molar-refractivity contribution in [2.45, 2.75) is 29.4 Å². The Balaban J connectivity index is 1.58. The van der Waals surface area contributed by atoms with Gasteiger partial charge >= 0.3 is 0 Å². The van der Waals surface area contributed by atoms with E-state index >= 15 is 0 Å². The van der Waals surface area contributed by atoms with E-state index < -0.39 is 11.1 Å². The van der Waals surface area contributed by atoms with E-state index in [1.165, 1.54) is 17.8 Å². The Morgan fingerprint density at radius 1 is 1.12 bits per heavy atom. The first kappa shape index (κ1) is 16.8. The van der Waals surface area contributed by atoms with Crippen LogP contribution in [0.3, 0.4) is 0 Å². The fourth-order valence-electron chi connectivity index (χ4n) is 2.51. The number of amides is 1. The summed E-state index contributed by atoms with van der Waals surface area (Å²) in [4.78, 5) is 12.6. The molecule has 0 saturated heterocycles. The molecule has 0 unspecified atom stereocenters. The number of carbonyl (C=O) groups excluding carboxylic acids is 1. The predicted octanol–water partition coefficient (Wildman–Crippen LogP) is 3.99. The molecule has 2 aromatic carbocycles. The largest absolute Gasteiger partial charge is 0.411 e. The molecule has 3 aromatic rings. The van der Waals surface area contributed by atoms with Crippen LogP contribution in [0.4, 0.5) is 4.39 Å². The maximum atomic E-state index is 13.9. The molecular weight excluding hydrogens is 353 g/mol. The number of hydrogen-bond donors (Lipinski definition) is 1. The fourth-order valence-corrected chi connectivity index (χ4v) is 3.39. The average Bonchev–Trinajstić information content (AvgIpc) is 3.35. The topological polar surface area (TPSA) is 68.0 Å². The van der Waals surface area contributed by atoms with E-state index in [1.807, 2.05) is 30.3 Å². The summed E-state index contributed by atoms with van der Waals surface area (Å²) in [7, 11) is 0. The van der Waals surface area contributed by atoms with E-state index in [9.17, 15) is 9.18 Å². The molecule has 1 atom stereocenters. The lowest BCUT2D eigenvalue weighted by atomic mass is 10.1. The van der Waals surface area contributed by atoms with Crippen LogP contribution in [0.15, 0.2) is 64.2 Å². The third kappa shape index (κ3) is 3.77. The summed E-state index contributed by atoms with van der Waals surface area (Å²) >= 11 is 1.17. The third-order valence-electron chi connectivity index (χ3n) is 3.99. The summed E-state index contributed by atoms with van der Waals surface area (Å²) in [5, 5.41) is 10.6. The van der Waals surface area contributed by atoms with Crippen LogP contribution in [0.2, 0.25) is 0 Å². The van der Waals surface area contributed by atoms with Crippen molar-refractivity contribution in [1.29, 1.82) is 0 Å². The number of halogens is 1. The first-order valence-electron chi connectivity index (χ1n) is 8.31. The van der Waals surface area contributed by atoms with Gasteiger partial charge in [-0.2, -0.15) is 0 Å². The average molecular weight is 369 g/mol. The third-order valence-corrected chi connectivity index (χ3v) is 5.08. The van der Waals surface area contributed by atoms with Crippen molar-refractivity contribution in [3.63, 3.8) is 0 Å². The van der Waals surface area contributed by atoms with Gasteiger partial charge in [-0.1, -0.05) is 42.5 Å². The van der Waals surface area contributed by atoms with Crippen molar-refractivity contribution in [3.8, 4) is 11.5 Å². The number of nitrogens with one attached hydrogen (secondary N) is 1. The summed E-state index contributed by atoms with van der Waals surface area (Å²) in [6.07, 6.45) is 2.02. The van der Waals surface area contributed by atoms with Gasteiger partial charge in [0.15, 0.2) is 0 Å². The summed E-state index contributed by atoms with van der Waals surface area (Å²) in [5.74, 6) is -0.423. The highest BCUT2D eigenvalue weighted by Crippen LogP contribution is 2.37. The molecule has 0 bridgehead atoms. The van der Waals surface area contributed by atoms with Crippen molar-refractivity contribution in [2.24, 2.45) is 0 Å². The van der Waals surface area contributed by atoms with Crippen molar-refractivity contribution < 1.29 is 13.6 Å². The molecule has 1 amide bonds. The number of nitrogens with zero attached hydrogens (tertiary/aromatic N) is 2. The Morgan fingerprint density at radius 3 is 2.58 bits per heavy atom. The maximum absolute atomic E-state index is 13.9. The second-order valence-electron chi connectivity index (χ2n) is 6.04. The van der Waals surface area contributed by atoms with Crippen LogP contribution in [-0.4, -0.2) is 22.1 Å². The SMILES string of the molecule is O=C(NC1CC1)[C@@H](Sc1nnc(-c2ccccc2F)o1)c1ccccc1. The molecule has 0 aliphatic heterocycles. The molecule has 4 rings (SSSR count). The van der Waals surface area contributed by atoms with Crippen LogP contribution >= 0.6 is 11.8 Å². The van der Waals surface area contributed by atoms with Gasteiger partial charge in [0.25, 0.3) is 11.1 Å². The normalized spacial score (nSPS) is 14.8. The second kappa shape index (κ2) is 7.29. The number of benzene rings is 2. The van der Waals surface area contributed by atoms with E-state index in [4.69, 9.17) is 4.42 Å². The van der Waals surface area contributed by atoms with E-state index in [2.05, 4.69) is 15.5 Å². The molecule has 1 aliphatic carbocycles. The van der Waals surface area contributed by atoms with Crippen LogP contribution in [0, 0.1) is 5.82 Å². The van der Waals surface area contributed by atoms with Crippen molar-refractivity contribution in [2.75, 3.05) is 0 Å². The Kier molecular flexibility index (Phi) is 4.71. The highest BCUT2D eigenvalue weighted by atomic mass is 32.2. The van der Waals surface area contributed by atoms with Gasteiger partial charge in [0.05, 0.1) is 5.56 Å².